The van der Waals surface area contributed by atoms with Gasteiger partial charge in [0.25, 0.3) is 5.69 Å². The molecule has 7 heteroatoms. The summed E-state index contributed by atoms with van der Waals surface area (Å²) < 4.78 is 0. The molecule has 2 rings (SSSR count). The maximum atomic E-state index is 11.2. The van der Waals surface area contributed by atoms with Crippen LogP contribution in [0.3, 0.4) is 0 Å². The van der Waals surface area contributed by atoms with Crippen LogP contribution in [0.4, 0.5) is 10.5 Å². The number of benzene rings is 1. The van der Waals surface area contributed by atoms with Crippen molar-refractivity contribution in [1.82, 2.24) is 10.6 Å². The van der Waals surface area contributed by atoms with Crippen molar-refractivity contribution in [3.63, 3.8) is 0 Å². The quantitative estimate of drug-likeness (QED) is 0.586. The molecule has 0 aromatic heterocycles. The molecule has 1 aromatic rings. The number of nitrogens with zero attached hydrogens (tertiary/aromatic N) is 1. The highest BCUT2D eigenvalue weighted by Gasteiger charge is 2.25. The fourth-order valence-corrected chi connectivity index (χ4v) is 1.66. The number of carbonyl (C=O) groups is 2. The second kappa shape index (κ2) is 4.20. The summed E-state index contributed by atoms with van der Waals surface area (Å²) in [4.78, 5) is 32.4. The van der Waals surface area contributed by atoms with E-state index in [0.717, 1.165) is 0 Å². The lowest BCUT2D eigenvalue weighted by molar-refractivity contribution is -0.384. The van der Waals surface area contributed by atoms with Crippen LogP contribution in [-0.4, -0.2) is 16.9 Å². The van der Waals surface area contributed by atoms with Crippen LogP contribution in [0.25, 0.3) is 0 Å². The molecule has 0 radical (unpaired) electrons. The normalized spacial score (nSPS) is 19.4. The highest BCUT2D eigenvalue weighted by Crippen LogP contribution is 2.22. The maximum Gasteiger partial charge on any atom is 0.321 e. The van der Waals surface area contributed by atoms with E-state index in [0.29, 0.717) is 5.56 Å². The molecule has 7 nitrogen and oxygen atoms in total. The molecule has 0 aliphatic carbocycles. The topological polar surface area (TPSA) is 101 Å². The van der Waals surface area contributed by atoms with Crippen LogP contribution >= 0.6 is 0 Å². The summed E-state index contributed by atoms with van der Waals surface area (Å²) in [6.07, 6.45) is 0.0763. The van der Waals surface area contributed by atoms with Gasteiger partial charge in [-0.15, -0.1) is 0 Å². The van der Waals surface area contributed by atoms with Gasteiger partial charge < -0.3 is 5.32 Å². The Bertz CT molecular complexity index is 484. The fourth-order valence-electron chi connectivity index (χ4n) is 1.66. The number of hydrogen-bond donors (Lipinski definition) is 2. The second-order valence-corrected chi connectivity index (χ2v) is 3.63. The van der Waals surface area contributed by atoms with Crippen LogP contribution in [0.2, 0.25) is 0 Å². The Hall–Kier alpha value is -2.44. The summed E-state index contributed by atoms with van der Waals surface area (Å²) in [7, 11) is 0. The van der Waals surface area contributed by atoms with Gasteiger partial charge in [0.05, 0.1) is 17.4 Å². The molecule has 1 unspecified atom stereocenters. The van der Waals surface area contributed by atoms with Crippen LogP contribution < -0.4 is 10.6 Å². The van der Waals surface area contributed by atoms with Crippen LogP contribution in [0.5, 0.6) is 0 Å². The summed E-state index contributed by atoms with van der Waals surface area (Å²) in [5.41, 5.74) is 0.477. The number of carbonyl (C=O) groups excluding carboxylic acids is 2. The minimum absolute atomic E-state index is 0.0669. The molecule has 1 heterocycles. The molecule has 1 aromatic carbocycles. The van der Waals surface area contributed by atoms with E-state index >= 15 is 0 Å². The third kappa shape index (κ3) is 2.39. The highest BCUT2D eigenvalue weighted by molar-refractivity contribution is 5.97. The molecule has 0 spiro atoms. The molecule has 1 aliphatic rings. The Balaban J connectivity index is 2.27. The Kier molecular flexibility index (Phi) is 2.73. The molecule has 2 N–H and O–H groups in total. The number of non-ortho nitro benzene ring substituents is 1. The van der Waals surface area contributed by atoms with Gasteiger partial charge in [0.2, 0.25) is 5.91 Å². The van der Waals surface area contributed by atoms with Gasteiger partial charge in [-0.25, -0.2) is 4.79 Å². The van der Waals surface area contributed by atoms with Crippen molar-refractivity contribution in [2.75, 3.05) is 0 Å². The summed E-state index contributed by atoms with van der Waals surface area (Å²) in [5.74, 6) is -0.398. The van der Waals surface area contributed by atoms with E-state index in [2.05, 4.69) is 10.6 Å². The molecule has 1 aliphatic heterocycles. The third-order valence-corrected chi connectivity index (χ3v) is 2.43. The first kappa shape index (κ1) is 11.1. The van der Waals surface area contributed by atoms with Gasteiger partial charge in [0.1, 0.15) is 0 Å². The number of amides is 3. The molecule has 1 atom stereocenters. The Morgan fingerprint density at radius 3 is 2.76 bits per heavy atom. The average molecular weight is 235 g/mol. The Labute approximate surface area is 96.0 Å². The first-order chi connectivity index (χ1) is 8.06. The summed E-state index contributed by atoms with van der Waals surface area (Å²) >= 11 is 0. The lowest BCUT2D eigenvalue weighted by atomic mass is 10.0. The van der Waals surface area contributed by atoms with E-state index in [9.17, 15) is 19.7 Å². The zero-order chi connectivity index (χ0) is 12.4. The molecule has 3 amide bonds. The minimum atomic E-state index is -0.585. The monoisotopic (exact) mass is 235 g/mol. The van der Waals surface area contributed by atoms with Crippen molar-refractivity contribution in [3.05, 3.63) is 39.9 Å². The molecule has 1 saturated heterocycles. The van der Waals surface area contributed by atoms with Crippen LogP contribution in [0.1, 0.15) is 18.0 Å². The SMILES string of the molecule is O=C1CC(c2cccc([N+](=O)[O-])c2)NC(=O)N1. The summed E-state index contributed by atoms with van der Waals surface area (Å²) in [6.45, 7) is 0. The van der Waals surface area contributed by atoms with E-state index < -0.39 is 22.9 Å². The molecule has 0 saturated carbocycles. The van der Waals surface area contributed by atoms with Gasteiger partial charge in [-0.1, -0.05) is 12.1 Å². The van der Waals surface area contributed by atoms with E-state index in [1.807, 2.05) is 0 Å². The molecule has 0 bridgehead atoms. The van der Waals surface area contributed by atoms with Crippen LogP contribution in [0.15, 0.2) is 24.3 Å². The van der Waals surface area contributed by atoms with Crippen LogP contribution in [-0.2, 0) is 4.79 Å². The van der Waals surface area contributed by atoms with E-state index in [1.54, 1.807) is 6.07 Å². The van der Waals surface area contributed by atoms with Gasteiger partial charge >= 0.3 is 6.03 Å². The molecule has 88 valence electrons. The molecular formula is C10H9N3O4. The van der Waals surface area contributed by atoms with Crippen LogP contribution in [0, 0.1) is 10.1 Å². The number of nitro benzene ring substituents is 1. The number of imide groups is 1. The van der Waals surface area contributed by atoms with Crippen molar-refractivity contribution in [1.29, 1.82) is 0 Å². The largest absolute Gasteiger partial charge is 0.330 e. The second-order valence-electron chi connectivity index (χ2n) is 3.63. The number of urea groups is 1. The predicted octanol–water partition coefficient (Wildman–Crippen LogP) is 0.865. The first-order valence-corrected chi connectivity index (χ1v) is 4.91. The Morgan fingerprint density at radius 1 is 1.35 bits per heavy atom. The van der Waals surface area contributed by atoms with E-state index in [4.69, 9.17) is 0 Å². The smallest absolute Gasteiger partial charge is 0.321 e. The molecule has 17 heavy (non-hydrogen) atoms. The van der Waals surface area contributed by atoms with Crippen molar-refractivity contribution in [2.45, 2.75) is 12.5 Å². The lowest BCUT2D eigenvalue weighted by Crippen LogP contribution is -2.48. The fraction of sp³-hybridized carbons (Fsp3) is 0.200. The first-order valence-electron chi connectivity index (χ1n) is 4.91. The van der Waals surface area contributed by atoms with Crippen molar-refractivity contribution < 1.29 is 14.5 Å². The zero-order valence-electron chi connectivity index (χ0n) is 8.67. The highest BCUT2D eigenvalue weighted by atomic mass is 16.6. The van der Waals surface area contributed by atoms with Gasteiger partial charge in [-0.05, 0) is 5.56 Å². The van der Waals surface area contributed by atoms with Gasteiger partial charge in [-0.3, -0.25) is 20.2 Å². The number of rotatable bonds is 2. The van der Waals surface area contributed by atoms with Gasteiger partial charge in [-0.2, -0.15) is 0 Å². The molecule has 1 fully saturated rings. The predicted molar refractivity (Wildman–Crippen MR) is 57.1 cm³/mol. The van der Waals surface area contributed by atoms with Crippen molar-refractivity contribution >= 4 is 17.6 Å². The van der Waals surface area contributed by atoms with Gasteiger partial charge in [0.15, 0.2) is 0 Å². The number of nitrogens with one attached hydrogen (secondary N) is 2. The van der Waals surface area contributed by atoms with E-state index in [-0.39, 0.29) is 12.1 Å². The lowest BCUT2D eigenvalue weighted by Gasteiger charge is -2.23. The number of nitro groups is 1. The van der Waals surface area contributed by atoms with E-state index in [1.165, 1.54) is 18.2 Å². The van der Waals surface area contributed by atoms with Crippen molar-refractivity contribution in [2.24, 2.45) is 0 Å². The Morgan fingerprint density at radius 2 is 2.12 bits per heavy atom. The summed E-state index contributed by atoms with van der Waals surface area (Å²) in [6, 6.07) is 4.76. The zero-order valence-corrected chi connectivity index (χ0v) is 8.67. The van der Waals surface area contributed by atoms with Crippen molar-refractivity contribution in [3.8, 4) is 0 Å². The van der Waals surface area contributed by atoms with Gasteiger partial charge in [0, 0.05) is 12.1 Å². The minimum Gasteiger partial charge on any atom is -0.330 e. The standard InChI is InChI=1S/C10H9N3O4/c14-9-5-8(11-10(15)12-9)6-2-1-3-7(4-6)13(16)17/h1-4,8H,5H2,(H2,11,12,14,15). The third-order valence-electron chi connectivity index (χ3n) is 2.43. The maximum absolute atomic E-state index is 11.2. The molecular weight excluding hydrogens is 226 g/mol. The number of hydrogen-bond acceptors (Lipinski definition) is 4. The average Bonchev–Trinajstić information content (AvgIpc) is 2.28. The summed E-state index contributed by atoms with van der Waals surface area (Å²) in [5, 5.41) is 15.2.